The number of nitrogens with zero attached hydrogens (tertiary/aromatic N) is 10. The van der Waals surface area contributed by atoms with E-state index in [9.17, 15) is 5.26 Å². The molecule has 0 amide bonds. The lowest BCUT2D eigenvalue weighted by atomic mass is 10.0. The number of aromatic nitrogens is 6. The second-order valence-corrected chi connectivity index (χ2v) is 9.28. The summed E-state index contributed by atoms with van der Waals surface area (Å²) in [4.78, 5) is 8.98. The molecule has 188 valence electrons. The summed E-state index contributed by atoms with van der Waals surface area (Å²) in [5.74, 6) is 0.838. The number of aryl methyl sites for hydroxylation is 2. The monoisotopic (exact) mass is 494 g/mol. The van der Waals surface area contributed by atoms with Crippen molar-refractivity contribution in [2.75, 3.05) is 26.2 Å². The maximum atomic E-state index is 9.68. The lowest BCUT2D eigenvalue weighted by Crippen LogP contribution is -2.45. The minimum atomic E-state index is 0.538. The van der Waals surface area contributed by atoms with E-state index >= 15 is 0 Å². The molecule has 0 atom stereocenters. The fraction of sp³-hybridized carbons (Fsp3) is 0.296. The summed E-state index contributed by atoms with van der Waals surface area (Å²) in [5, 5.41) is 22.9. The van der Waals surface area contributed by atoms with E-state index in [1.165, 1.54) is 0 Å². The van der Waals surface area contributed by atoms with Gasteiger partial charge in [-0.1, -0.05) is 6.08 Å². The Bertz CT molecular complexity index is 1530. The molecule has 0 spiro atoms. The third-order valence-corrected chi connectivity index (χ3v) is 6.69. The number of allylic oxidation sites excluding steroid dienone is 3. The summed E-state index contributed by atoms with van der Waals surface area (Å²) in [7, 11) is 3.83. The van der Waals surface area contributed by atoms with Crippen LogP contribution in [0.5, 0.6) is 0 Å². The number of nitriles is 1. The molecule has 1 saturated heterocycles. The first kappa shape index (κ1) is 24.2. The highest BCUT2D eigenvalue weighted by molar-refractivity contribution is 5.84. The number of fused-ring (bicyclic) bond motifs is 1. The van der Waals surface area contributed by atoms with Crippen molar-refractivity contribution in [2.24, 2.45) is 19.1 Å². The Morgan fingerprint density at radius 2 is 1.89 bits per heavy atom. The van der Waals surface area contributed by atoms with E-state index in [1.807, 2.05) is 62.6 Å². The van der Waals surface area contributed by atoms with Gasteiger partial charge in [0.15, 0.2) is 0 Å². The molecule has 5 heterocycles. The Labute approximate surface area is 216 Å². The molecule has 1 fully saturated rings. The molecule has 0 N–H and O–H groups in total. The molecular formula is C27H30N10. The van der Waals surface area contributed by atoms with Crippen LogP contribution in [0.3, 0.4) is 0 Å². The maximum Gasteiger partial charge on any atom is 0.127 e. The Balaban J connectivity index is 1.39. The highest BCUT2D eigenvalue weighted by Crippen LogP contribution is 2.29. The predicted molar refractivity (Wildman–Crippen MR) is 143 cm³/mol. The molecule has 0 unspecified atom stereocenters. The van der Waals surface area contributed by atoms with E-state index < -0.39 is 0 Å². The van der Waals surface area contributed by atoms with Crippen molar-refractivity contribution in [1.29, 1.82) is 5.26 Å². The second-order valence-electron chi connectivity index (χ2n) is 9.28. The van der Waals surface area contributed by atoms with E-state index in [1.54, 1.807) is 15.4 Å². The quantitative estimate of drug-likeness (QED) is 0.289. The molecular weight excluding hydrogens is 464 g/mol. The average Bonchev–Trinajstić information content (AvgIpc) is 3.64. The van der Waals surface area contributed by atoms with Crippen LogP contribution in [0.2, 0.25) is 0 Å². The number of rotatable bonds is 7. The van der Waals surface area contributed by atoms with Crippen LogP contribution in [0.15, 0.2) is 66.1 Å². The summed E-state index contributed by atoms with van der Waals surface area (Å²) >= 11 is 0. The zero-order valence-corrected chi connectivity index (χ0v) is 21.4. The van der Waals surface area contributed by atoms with Gasteiger partial charge in [-0.15, -0.1) is 0 Å². The van der Waals surface area contributed by atoms with Crippen LogP contribution < -0.4 is 0 Å². The molecule has 37 heavy (non-hydrogen) atoms. The Morgan fingerprint density at radius 3 is 2.54 bits per heavy atom. The molecule has 0 aliphatic carbocycles. The average molecular weight is 495 g/mol. The van der Waals surface area contributed by atoms with E-state index in [0.717, 1.165) is 72.0 Å². The van der Waals surface area contributed by atoms with Crippen molar-refractivity contribution in [2.45, 2.75) is 13.5 Å². The number of piperazine rings is 1. The van der Waals surface area contributed by atoms with Crippen LogP contribution >= 0.6 is 0 Å². The lowest BCUT2D eigenvalue weighted by molar-refractivity contribution is 0.150. The van der Waals surface area contributed by atoms with Gasteiger partial charge in [-0.3, -0.25) is 14.3 Å². The number of pyridine rings is 1. The Morgan fingerprint density at radius 1 is 1.08 bits per heavy atom. The number of hydrogen-bond donors (Lipinski definition) is 0. The fourth-order valence-electron chi connectivity index (χ4n) is 4.69. The highest BCUT2D eigenvalue weighted by atomic mass is 15.3. The standard InChI is InChI=1S/C27H30N10/c1-20(5-6-26(29-2)36-11-9-35(10-12-36)19-24-7-8-33(3)32-24)25-13-21(23-16-30-34(4)17-23)18-37-27(25)22(14-28)15-31-37/h5-8,13,15-18H,2,9-12,19H2,1,3-4H3/b20-5+,26-6+. The lowest BCUT2D eigenvalue weighted by Gasteiger charge is -2.35. The SMILES string of the molecule is C=N/C(=C\C=C(/C)c1cc(-c2cnn(C)c2)cn2ncc(C#N)c12)N1CCN(Cc2ccn(C)n2)CC1. The minimum Gasteiger partial charge on any atom is -0.354 e. The molecule has 10 nitrogen and oxygen atoms in total. The first-order valence-electron chi connectivity index (χ1n) is 12.2. The van der Waals surface area contributed by atoms with Gasteiger partial charge in [-0.05, 0) is 37.4 Å². The molecule has 4 aromatic rings. The topological polar surface area (TPSA) is 95.6 Å². The van der Waals surface area contributed by atoms with Crippen molar-refractivity contribution in [3.63, 3.8) is 0 Å². The summed E-state index contributed by atoms with van der Waals surface area (Å²) in [6.45, 7) is 10.3. The van der Waals surface area contributed by atoms with Crippen molar-refractivity contribution in [3.8, 4) is 17.2 Å². The first-order chi connectivity index (χ1) is 17.9. The summed E-state index contributed by atoms with van der Waals surface area (Å²) in [6.07, 6.45) is 13.4. The Hall–Kier alpha value is -4.49. The first-order valence-corrected chi connectivity index (χ1v) is 12.2. The van der Waals surface area contributed by atoms with Crippen LogP contribution in [0.25, 0.3) is 22.2 Å². The number of aliphatic imine (C=N–C) groups is 1. The van der Waals surface area contributed by atoms with E-state index in [-0.39, 0.29) is 0 Å². The second kappa shape index (κ2) is 10.2. The normalized spacial score (nSPS) is 15.4. The van der Waals surface area contributed by atoms with E-state index in [4.69, 9.17) is 0 Å². The van der Waals surface area contributed by atoms with Gasteiger partial charge in [0.05, 0.1) is 29.2 Å². The molecule has 0 saturated carbocycles. The van der Waals surface area contributed by atoms with E-state index in [0.29, 0.717) is 5.56 Å². The van der Waals surface area contributed by atoms with Crippen LogP contribution in [0.4, 0.5) is 0 Å². The van der Waals surface area contributed by atoms with Crippen LogP contribution in [-0.4, -0.2) is 71.9 Å². The third-order valence-electron chi connectivity index (χ3n) is 6.69. The summed E-state index contributed by atoms with van der Waals surface area (Å²) in [6, 6.07) is 6.42. The zero-order chi connectivity index (χ0) is 25.9. The Kier molecular flexibility index (Phi) is 6.70. The van der Waals surface area contributed by atoms with Gasteiger partial charge in [0.25, 0.3) is 0 Å². The van der Waals surface area contributed by atoms with Gasteiger partial charge >= 0.3 is 0 Å². The molecule has 4 aromatic heterocycles. The van der Waals surface area contributed by atoms with Crippen LogP contribution in [0.1, 0.15) is 23.7 Å². The third kappa shape index (κ3) is 5.08. The van der Waals surface area contributed by atoms with Crippen molar-refractivity contribution < 1.29 is 0 Å². The van der Waals surface area contributed by atoms with Gasteiger partial charge in [0, 0.05) is 82.1 Å². The maximum absolute atomic E-state index is 9.68. The van der Waals surface area contributed by atoms with Crippen LogP contribution in [-0.2, 0) is 20.6 Å². The van der Waals surface area contributed by atoms with Gasteiger partial charge in [0.2, 0.25) is 0 Å². The summed E-state index contributed by atoms with van der Waals surface area (Å²) in [5.41, 5.74) is 6.32. The van der Waals surface area contributed by atoms with Gasteiger partial charge in [-0.25, -0.2) is 9.51 Å². The molecule has 5 rings (SSSR count). The van der Waals surface area contributed by atoms with Crippen molar-refractivity contribution >= 4 is 17.8 Å². The fourth-order valence-corrected chi connectivity index (χ4v) is 4.69. The molecule has 10 heteroatoms. The highest BCUT2D eigenvalue weighted by Gasteiger charge is 2.19. The molecule has 1 aliphatic rings. The predicted octanol–water partition coefficient (Wildman–Crippen LogP) is 3.10. The number of hydrogen-bond acceptors (Lipinski definition) is 7. The molecule has 0 radical (unpaired) electrons. The largest absolute Gasteiger partial charge is 0.354 e. The van der Waals surface area contributed by atoms with Gasteiger partial charge in [-0.2, -0.15) is 20.6 Å². The van der Waals surface area contributed by atoms with Gasteiger partial charge in [0.1, 0.15) is 11.9 Å². The van der Waals surface area contributed by atoms with Crippen molar-refractivity contribution in [3.05, 3.63) is 77.9 Å². The zero-order valence-electron chi connectivity index (χ0n) is 21.4. The summed E-state index contributed by atoms with van der Waals surface area (Å²) < 4.78 is 5.38. The van der Waals surface area contributed by atoms with Crippen LogP contribution in [0, 0.1) is 11.3 Å². The van der Waals surface area contributed by atoms with E-state index in [2.05, 4.69) is 55.0 Å². The smallest absolute Gasteiger partial charge is 0.127 e. The molecule has 0 aromatic carbocycles. The minimum absolute atomic E-state index is 0.538. The van der Waals surface area contributed by atoms with Gasteiger partial charge < -0.3 is 4.90 Å². The molecule has 0 bridgehead atoms. The van der Waals surface area contributed by atoms with Crippen molar-refractivity contribution in [1.82, 2.24) is 39.0 Å². The molecule has 1 aliphatic heterocycles.